The van der Waals surface area contributed by atoms with Gasteiger partial charge in [0.25, 0.3) is 0 Å². The lowest BCUT2D eigenvalue weighted by Crippen LogP contribution is -2.55. The lowest BCUT2D eigenvalue weighted by Gasteiger charge is -2.37. The zero-order valence-electron chi connectivity index (χ0n) is 7.79. The van der Waals surface area contributed by atoms with Gasteiger partial charge in [0.15, 0.2) is 0 Å². The SMILES string of the molecule is CCC(CO)(CO)N1CCNC1=O. The van der Waals surface area contributed by atoms with E-state index in [2.05, 4.69) is 5.32 Å². The fraction of sp³-hybridized carbons (Fsp3) is 0.875. The number of hydrogen-bond donors (Lipinski definition) is 3. The molecule has 3 N–H and O–H groups in total. The van der Waals surface area contributed by atoms with Gasteiger partial charge >= 0.3 is 6.03 Å². The molecule has 0 radical (unpaired) electrons. The Morgan fingerprint density at radius 2 is 2.15 bits per heavy atom. The summed E-state index contributed by atoms with van der Waals surface area (Å²) in [5, 5.41) is 21.0. The highest BCUT2D eigenvalue weighted by Gasteiger charge is 2.39. The predicted octanol–water partition coefficient (Wildman–Crippen LogP) is -0.855. The van der Waals surface area contributed by atoms with Crippen molar-refractivity contribution >= 4 is 6.03 Å². The molecule has 5 heteroatoms. The van der Waals surface area contributed by atoms with E-state index < -0.39 is 5.54 Å². The highest BCUT2D eigenvalue weighted by Crippen LogP contribution is 2.20. The number of aliphatic hydroxyl groups is 2. The van der Waals surface area contributed by atoms with Crippen molar-refractivity contribution in [1.82, 2.24) is 10.2 Å². The minimum absolute atomic E-state index is 0.201. The van der Waals surface area contributed by atoms with Crippen molar-refractivity contribution < 1.29 is 15.0 Å². The summed E-state index contributed by atoms with van der Waals surface area (Å²) in [5.74, 6) is 0. The number of carbonyl (C=O) groups excluding carboxylic acids is 1. The first-order chi connectivity index (χ1) is 6.20. The van der Waals surface area contributed by atoms with E-state index in [0.717, 1.165) is 0 Å². The van der Waals surface area contributed by atoms with Crippen molar-refractivity contribution in [3.05, 3.63) is 0 Å². The molecule has 0 unspecified atom stereocenters. The smallest absolute Gasteiger partial charge is 0.318 e. The topological polar surface area (TPSA) is 72.8 Å². The Balaban J connectivity index is 2.79. The normalized spacial score (nSPS) is 17.8. The molecule has 0 aromatic heterocycles. The largest absolute Gasteiger partial charge is 0.394 e. The van der Waals surface area contributed by atoms with Gasteiger partial charge in [-0.2, -0.15) is 0 Å². The van der Waals surface area contributed by atoms with Crippen LogP contribution in [0.25, 0.3) is 0 Å². The molecule has 1 saturated heterocycles. The number of aliphatic hydroxyl groups excluding tert-OH is 2. The van der Waals surface area contributed by atoms with E-state index in [1.165, 1.54) is 4.90 Å². The highest BCUT2D eigenvalue weighted by atomic mass is 16.3. The molecule has 1 rings (SSSR count). The highest BCUT2D eigenvalue weighted by molar-refractivity contribution is 5.77. The van der Waals surface area contributed by atoms with Crippen molar-refractivity contribution in [2.24, 2.45) is 0 Å². The van der Waals surface area contributed by atoms with Crippen molar-refractivity contribution in [2.45, 2.75) is 18.9 Å². The van der Waals surface area contributed by atoms with Gasteiger partial charge in [0.1, 0.15) is 0 Å². The molecule has 76 valence electrons. The van der Waals surface area contributed by atoms with Gasteiger partial charge in [-0.25, -0.2) is 4.79 Å². The van der Waals surface area contributed by atoms with Crippen LogP contribution in [0.4, 0.5) is 4.79 Å². The summed E-state index contributed by atoms with van der Waals surface area (Å²) in [6.07, 6.45) is 0.549. The fourth-order valence-corrected chi connectivity index (χ4v) is 1.56. The van der Waals surface area contributed by atoms with Crippen molar-refractivity contribution in [3.63, 3.8) is 0 Å². The lowest BCUT2D eigenvalue weighted by molar-refractivity contribution is 0.0183. The van der Waals surface area contributed by atoms with Crippen LogP contribution in [0.1, 0.15) is 13.3 Å². The maximum atomic E-state index is 11.3. The van der Waals surface area contributed by atoms with E-state index in [0.29, 0.717) is 19.5 Å². The molecular formula is C8H16N2O3. The number of rotatable bonds is 4. The molecule has 0 aromatic rings. The molecule has 1 aliphatic rings. The number of nitrogens with one attached hydrogen (secondary N) is 1. The molecule has 1 fully saturated rings. The molecule has 0 aromatic carbocycles. The minimum Gasteiger partial charge on any atom is -0.394 e. The summed E-state index contributed by atoms with van der Waals surface area (Å²) >= 11 is 0. The van der Waals surface area contributed by atoms with Crippen LogP contribution in [-0.2, 0) is 0 Å². The molecule has 0 saturated carbocycles. The molecule has 1 heterocycles. The van der Waals surface area contributed by atoms with Gasteiger partial charge in [-0.1, -0.05) is 6.92 Å². The summed E-state index contributed by atoms with van der Waals surface area (Å²) in [6.45, 7) is 2.58. The minimum atomic E-state index is -0.791. The summed E-state index contributed by atoms with van der Waals surface area (Å²) < 4.78 is 0. The van der Waals surface area contributed by atoms with E-state index in [1.54, 1.807) is 0 Å². The van der Waals surface area contributed by atoms with E-state index in [9.17, 15) is 15.0 Å². The second-order valence-corrected chi connectivity index (χ2v) is 3.28. The van der Waals surface area contributed by atoms with Gasteiger partial charge in [0.05, 0.1) is 18.8 Å². The third-order valence-electron chi connectivity index (χ3n) is 2.68. The number of urea groups is 1. The van der Waals surface area contributed by atoms with Gasteiger partial charge in [-0.3, -0.25) is 0 Å². The molecule has 5 nitrogen and oxygen atoms in total. The third kappa shape index (κ3) is 1.62. The van der Waals surface area contributed by atoms with Gasteiger partial charge in [0, 0.05) is 13.1 Å². The number of hydrogen-bond acceptors (Lipinski definition) is 3. The molecule has 0 bridgehead atoms. The molecule has 0 aliphatic carbocycles. The van der Waals surface area contributed by atoms with Gasteiger partial charge < -0.3 is 20.4 Å². The molecule has 0 spiro atoms. The summed E-state index contributed by atoms with van der Waals surface area (Å²) in [5.41, 5.74) is -0.791. The number of amides is 2. The van der Waals surface area contributed by atoms with Gasteiger partial charge in [-0.05, 0) is 6.42 Å². The van der Waals surface area contributed by atoms with Crippen LogP contribution in [0.3, 0.4) is 0 Å². The molecule has 13 heavy (non-hydrogen) atoms. The first kappa shape index (κ1) is 10.3. The van der Waals surface area contributed by atoms with E-state index in [4.69, 9.17) is 0 Å². The Kier molecular flexibility index (Phi) is 3.11. The van der Waals surface area contributed by atoms with Crippen LogP contribution in [0.2, 0.25) is 0 Å². The maximum Gasteiger partial charge on any atom is 0.318 e. The Hall–Kier alpha value is -0.810. The first-order valence-electron chi connectivity index (χ1n) is 4.47. The average Bonchev–Trinajstić information content (AvgIpc) is 2.57. The lowest BCUT2D eigenvalue weighted by atomic mass is 9.96. The van der Waals surface area contributed by atoms with Gasteiger partial charge in [0.2, 0.25) is 0 Å². The van der Waals surface area contributed by atoms with Crippen LogP contribution in [-0.4, -0.2) is 53.0 Å². The standard InChI is InChI=1S/C8H16N2O3/c1-2-8(5-11,6-12)10-4-3-9-7(10)13/h11-12H,2-6H2,1H3,(H,9,13). The van der Waals surface area contributed by atoms with Crippen molar-refractivity contribution in [1.29, 1.82) is 0 Å². The van der Waals surface area contributed by atoms with Crippen LogP contribution < -0.4 is 5.32 Å². The first-order valence-corrected chi connectivity index (χ1v) is 4.47. The second-order valence-electron chi connectivity index (χ2n) is 3.28. The van der Waals surface area contributed by atoms with Crippen LogP contribution in [0.15, 0.2) is 0 Å². The monoisotopic (exact) mass is 188 g/mol. The molecule has 2 amide bonds. The molecular weight excluding hydrogens is 172 g/mol. The van der Waals surface area contributed by atoms with E-state index in [-0.39, 0.29) is 19.2 Å². The third-order valence-corrected chi connectivity index (χ3v) is 2.68. The fourth-order valence-electron chi connectivity index (χ4n) is 1.56. The number of nitrogens with zero attached hydrogens (tertiary/aromatic N) is 1. The Morgan fingerprint density at radius 1 is 1.54 bits per heavy atom. The zero-order valence-corrected chi connectivity index (χ0v) is 7.79. The Labute approximate surface area is 77.3 Å². The second kappa shape index (κ2) is 3.93. The van der Waals surface area contributed by atoms with Crippen LogP contribution in [0.5, 0.6) is 0 Å². The molecule has 1 aliphatic heterocycles. The van der Waals surface area contributed by atoms with Crippen molar-refractivity contribution in [3.8, 4) is 0 Å². The number of carbonyl (C=O) groups is 1. The predicted molar refractivity (Wildman–Crippen MR) is 47.3 cm³/mol. The summed E-state index contributed by atoms with van der Waals surface area (Å²) in [7, 11) is 0. The van der Waals surface area contributed by atoms with E-state index >= 15 is 0 Å². The Bertz CT molecular complexity index is 184. The quantitative estimate of drug-likeness (QED) is 0.538. The van der Waals surface area contributed by atoms with Gasteiger partial charge in [-0.15, -0.1) is 0 Å². The maximum absolute atomic E-state index is 11.3. The average molecular weight is 188 g/mol. The van der Waals surface area contributed by atoms with Crippen LogP contribution in [0, 0.1) is 0 Å². The summed E-state index contributed by atoms with van der Waals surface area (Å²) in [6, 6.07) is -0.204. The van der Waals surface area contributed by atoms with Crippen LogP contribution >= 0.6 is 0 Å². The zero-order chi connectivity index (χ0) is 9.90. The van der Waals surface area contributed by atoms with Crippen molar-refractivity contribution in [2.75, 3.05) is 26.3 Å². The summed E-state index contributed by atoms with van der Waals surface area (Å²) in [4.78, 5) is 12.8. The molecule has 0 atom stereocenters. The van der Waals surface area contributed by atoms with E-state index in [1.807, 2.05) is 6.92 Å². The Morgan fingerprint density at radius 3 is 2.46 bits per heavy atom.